The zero-order chi connectivity index (χ0) is 13.3. The number of isocyanates is 1. The number of hydrogen-bond acceptors (Lipinski definition) is 2. The van der Waals surface area contributed by atoms with Gasteiger partial charge in [0.05, 0.1) is 5.70 Å². The topological polar surface area (TPSA) is 29.4 Å². The van der Waals surface area contributed by atoms with Crippen molar-refractivity contribution >= 4 is 6.08 Å². The molecule has 0 aliphatic heterocycles. The van der Waals surface area contributed by atoms with Crippen molar-refractivity contribution in [2.45, 2.75) is 40.5 Å². The third kappa shape index (κ3) is 1.80. The van der Waals surface area contributed by atoms with E-state index in [-0.39, 0.29) is 0 Å². The van der Waals surface area contributed by atoms with Gasteiger partial charge in [0.15, 0.2) is 0 Å². The van der Waals surface area contributed by atoms with Gasteiger partial charge in [0.1, 0.15) is 0 Å². The van der Waals surface area contributed by atoms with Crippen LogP contribution in [-0.4, -0.2) is 6.08 Å². The average molecular weight is 245 g/mol. The van der Waals surface area contributed by atoms with Crippen LogP contribution in [0.15, 0.2) is 28.9 Å². The quantitative estimate of drug-likeness (QED) is 0.541. The zero-order valence-corrected chi connectivity index (χ0v) is 11.8. The van der Waals surface area contributed by atoms with Crippen molar-refractivity contribution in [1.29, 1.82) is 0 Å². The lowest BCUT2D eigenvalue weighted by Gasteiger charge is -2.57. The van der Waals surface area contributed by atoms with E-state index in [9.17, 15) is 4.79 Å². The van der Waals surface area contributed by atoms with Gasteiger partial charge < -0.3 is 0 Å². The molecule has 1 fully saturated rings. The van der Waals surface area contributed by atoms with Crippen molar-refractivity contribution in [3.05, 3.63) is 23.9 Å². The highest BCUT2D eigenvalue weighted by Crippen LogP contribution is 2.60. The molecule has 98 valence electrons. The molecule has 3 aliphatic rings. The number of carbonyl (C=O) groups excluding carboxylic acids is 1. The molecule has 4 unspecified atom stereocenters. The SMILES string of the molecule is CCC(C)(CC)C1C2C=CC=C(N=C=O)C1C2C. The maximum absolute atomic E-state index is 10.6. The van der Waals surface area contributed by atoms with Gasteiger partial charge in [-0.2, -0.15) is 4.99 Å². The molecular weight excluding hydrogens is 222 g/mol. The highest BCUT2D eigenvalue weighted by Gasteiger charge is 2.55. The maximum atomic E-state index is 10.6. The Labute approximate surface area is 110 Å². The lowest BCUT2D eigenvalue weighted by Crippen LogP contribution is -2.52. The number of rotatable bonds is 4. The van der Waals surface area contributed by atoms with Gasteiger partial charge in [-0.3, -0.25) is 0 Å². The van der Waals surface area contributed by atoms with Crippen LogP contribution in [0.25, 0.3) is 0 Å². The Hall–Kier alpha value is -1.14. The molecule has 3 rings (SSSR count). The molecule has 4 atom stereocenters. The third-order valence-electron chi connectivity index (χ3n) is 5.51. The number of hydrogen-bond donors (Lipinski definition) is 0. The Bertz CT molecular complexity index is 424. The summed E-state index contributed by atoms with van der Waals surface area (Å²) in [6.45, 7) is 9.20. The molecule has 2 nitrogen and oxygen atoms in total. The van der Waals surface area contributed by atoms with Crippen LogP contribution in [0, 0.1) is 29.1 Å². The lowest BCUT2D eigenvalue weighted by molar-refractivity contribution is -0.0527. The van der Waals surface area contributed by atoms with Gasteiger partial charge in [0.25, 0.3) is 0 Å². The Kier molecular flexibility index (Phi) is 3.59. The molecule has 0 radical (unpaired) electrons. The van der Waals surface area contributed by atoms with Crippen LogP contribution in [0.2, 0.25) is 0 Å². The van der Waals surface area contributed by atoms with E-state index >= 15 is 0 Å². The summed E-state index contributed by atoms with van der Waals surface area (Å²) in [6, 6.07) is 0. The summed E-state index contributed by atoms with van der Waals surface area (Å²) in [5.74, 6) is 2.27. The van der Waals surface area contributed by atoms with Crippen LogP contribution >= 0.6 is 0 Å². The van der Waals surface area contributed by atoms with Crippen molar-refractivity contribution in [3.63, 3.8) is 0 Å². The Morgan fingerprint density at radius 3 is 2.61 bits per heavy atom. The summed E-state index contributed by atoms with van der Waals surface area (Å²) >= 11 is 0. The monoisotopic (exact) mass is 245 g/mol. The van der Waals surface area contributed by atoms with E-state index in [1.165, 1.54) is 12.8 Å². The summed E-state index contributed by atoms with van der Waals surface area (Å²) in [4.78, 5) is 14.5. The molecule has 0 saturated heterocycles. The number of aliphatic imine (C=N–C) groups is 1. The predicted molar refractivity (Wildman–Crippen MR) is 73.7 cm³/mol. The van der Waals surface area contributed by atoms with E-state index in [4.69, 9.17) is 0 Å². The molecule has 2 heteroatoms. The Morgan fingerprint density at radius 2 is 2.06 bits per heavy atom. The Morgan fingerprint density at radius 1 is 1.39 bits per heavy atom. The molecular formula is C16H23NO. The molecule has 0 aromatic rings. The van der Waals surface area contributed by atoms with E-state index in [0.29, 0.717) is 29.1 Å². The smallest absolute Gasteiger partial charge is 0.211 e. The highest BCUT2D eigenvalue weighted by atomic mass is 16.1. The second-order valence-electron chi connectivity index (χ2n) is 6.03. The number of fused-ring (bicyclic) bond motifs is 1. The number of nitrogens with zero attached hydrogens (tertiary/aromatic N) is 1. The van der Waals surface area contributed by atoms with E-state index in [1.807, 2.05) is 6.08 Å². The lowest BCUT2D eigenvalue weighted by atomic mass is 9.47. The fourth-order valence-corrected chi connectivity index (χ4v) is 3.91. The summed E-state index contributed by atoms with van der Waals surface area (Å²) in [6.07, 6.45) is 10.5. The molecule has 1 saturated carbocycles. The molecule has 2 bridgehead atoms. The van der Waals surface area contributed by atoms with Gasteiger partial charge in [-0.25, -0.2) is 4.79 Å². The van der Waals surface area contributed by atoms with Crippen LogP contribution < -0.4 is 0 Å². The van der Waals surface area contributed by atoms with Gasteiger partial charge in [-0.1, -0.05) is 52.7 Å². The van der Waals surface area contributed by atoms with Gasteiger partial charge in [-0.05, 0) is 29.2 Å². The van der Waals surface area contributed by atoms with Crippen LogP contribution in [0.1, 0.15) is 40.5 Å². The van der Waals surface area contributed by atoms with Crippen LogP contribution in [0.3, 0.4) is 0 Å². The molecule has 3 aliphatic carbocycles. The highest BCUT2D eigenvalue weighted by molar-refractivity contribution is 5.40. The van der Waals surface area contributed by atoms with Gasteiger partial charge in [0.2, 0.25) is 6.08 Å². The third-order valence-corrected chi connectivity index (χ3v) is 5.51. The normalized spacial score (nSPS) is 34.1. The van der Waals surface area contributed by atoms with Crippen molar-refractivity contribution < 1.29 is 4.79 Å². The summed E-state index contributed by atoms with van der Waals surface area (Å²) < 4.78 is 0. The minimum Gasteiger partial charge on any atom is -0.211 e. The first-order valence-electron chi connectivity index (χ1n) is 7.05. The van der Waals surface area contributed by atoms with Crippen LogP contribution in [0.4, 0.5) is 0 Å². The molecule has 0 N–H and O–H groups in total. The fourth-order valence-electron chi connectivity index (χ4n) is 3.91. The second-order valence-corrected chi connectivity index (χ2v) is 6.03. The van der Waals surface area contributed by atoms with Crippen molar-refractivity contribution in [2.75, 3.05) is 0 Å². The van der Waals surface area contributed by atoms with Crippen molar-refractivity contribution in [2.24, 2.45) is 34.1 Å². The molecule has 0 aromatic heterocycles. The van der Waals surface area contributed by atoms with Crippen LogP contribution in [-0.2, 0) is 4.79 Å². The minimum absolute atomic E-state index is 0.341. The van der Waals surface area contributed by atoms with Crippen molar-refractivity contribution in [3.8, 4) is 0 Å². The Balaban J connectivity index is 2.38. The molecule has 18 heavy (non-hydrogen) atoms. The van der Waals surface area contributed by atoms with Gasteiger partial charge >= 0.3 is 0 Å². The molecule has 0 heterocycles. The summed E-state index contributed by atoms with van der Waals surface area (Å²) in [5, 5.41) is 0. The largest absolute Gasteiger partial charge is 0.240 e. The predicted octanol–water partition coefficient (Wildman–Crippen LogP) is 4.10. The standard InChI is InChI=1S/C16H23NO/c1-5-16(4,6-2)15-12-8-7-9-13(17-10-18)14(15)11(12)3/h7-9,11-12,14-15H,5-6H2,1-4H3. The zero-order valence-electron chi connectivity index (χ0n) is 11.8. The molecule has 0 amide bonds. The van der Waals surface area contributed by atoms with Gasteiger partial charge in [0, 0.05) is 5.92 Å². The van der Waals surface area contributed by atoms with Crippen molar-refractivity contribution in [1.82, 2.24) is 0 Å². The van der Waals surface area contributed by atoms with E-state index < -0.39 is 0 Å². The van der Waals surface area contributed by atoms with E-state index in [0.717, 1.165) is 5.70 Å². The molecule has 0 spiro atoms. The van der Waals surface area contributed by atoms with E-state index in [1.54, 1.807) is 6.08 Å². The van der Waals surface area contributed by atoms with Crippen LogP contribution in [0.5, 0.6) is 0 Å². The first kappa shape index (κ1) is 13.3. The minimum atomic E-state index is 0.341. The molecule has 0 aromatic carbocycles. The average Bonchev–Trinajstić information content (AvgIpc) is 2.67. The maximum Gasteiger partial charge on any atom is 0.240 e. The van der Waals surface area contributed by atoms with Gasteiger partial charge in [-0.15, -0.1) is 0 Å². The van der Waals surface area contributed by atoms with E-state index in [2.05, 4.69) is 44.8 Å². The number of allylic oxidation sites excluding steroid dienone is 4. The first-order chi connectivity index (χ1) is 8.59. The second kappa shape index (κ2) is 4.85. The fraction of sp³-hybridized carbons (Fsp3) is 0.688. The summed E-state index contributed by atoms with van der Waals surface area (Å²) in [5.41, 5.74) is 1.27. The first-order valence-corrected chi connectivity index (χ1v) is 7.05. The summed E-state index contributed by atoms with van der Waals surface area (Å²) in [7, 11) is 0.